The molecular weight excluding hydrogens is 411 g/mol. The van der Waals surface area contributed by atoms with Crippen molar-refractivity contribution in [2.24, 2.45) is 0 Å². The normalized spacial score (nSPS) is 18.1. The van der Waals surface area contributed by atoms with Crippen molar-refractivity contribution in [3.63, 3.8) is 0 Å². The smallest absolute Gasteiger partial charge is 0.478 e. The Morgan fingerprint density at radius 1 is 1.13 bits per heavy atom. The van der Waals surface area contributed by atoms with Gasteiger partial charge < -0.3 is 24.5 Å². The van der Waals surface area contributed by atoms with E-state index in [0.717, 1.165) is 6.07 Å². The number of alkyl carbamates (subject to hydrolysis) is 1. The molecule has 2 rings (SSSR count). The van der Waals surface area contributed by atoms with Gasteiger partial charge >= 0.3 is 19.2 Å². The molecule has 7 nitrogen and oxygen atoms in total. The van der Waals surface area contributed by atoms with Gasteiger partial charge in [-0.25, -0.2) is 18.4 Å². The molecule has 1 aromatic rings. The highest BCUT2D eigenvalue weighted by atomic mass is 19.2. The Balaban J connectivity index is 2.45. The molecule has 1 aliphatic heterocycles. The third kappa shape index (κ3) is 6.04. The summed E-state index contributed by atoms with van der Waals surface area (Å²) in [7, 11) is -0.963. The summed E-state index contributed by atoms with van der Waals surface area (Å²) in [5.74, 6) is -3.92. The van der Waals surface area contributed by atoms with Crippen LogP contribution in [0.25, 0.3) is 6.08 Å². The first-order valence-electron chi connectivity index (χ1n) is 9.78. The number of rotatable bonds is 5. The molecular formula is C21H28BF2NO6. The molecule has 1 amide bonds. The number of halogens is 2. The number of carbonyl (C=O) groups is 2. The van der Waals surface area contributed by atoms with E-state index in [0.29, 0.717) is 11.5 Å². The zero-order valence-electron chi connectivity index (χ0n) is 18.8. The van der Waals surface area contributed by atoms with E-state index in [9.17, 15) is 23.5 Å². The molecule has 0 radical (unpaired) electrons. The van der Waals surface area contributed by atoms with Gasteiger partial charge in [-0.1, -0.05) is 6.08 Å². The van der Waals surface area contributed by atoms with Crippen molar-refractivity contribution in [2.75, 3.05) is 6.54 Å². The number of aromatic carboxylic acids is 1. The largest absolute Gasteiger partial charge is 0.492 e. The second-order valence-electron chi connectivity index (χ2n) is 9.32. The van der Waals surface area contributed by atoms with Crippen molar-refractivity contribution in [3.05, 3.63) is 40.4 Å². The molecule has 0 bridgehead atoms. The second-order valence-corrected chi connectivity index (χ2v) is 9.32. The van der Waals surface area contributed by atoms with Gasteiger partial charge in [0.25, 0.3) is 0 Å². The molecule has 170 valence electrons. The fourth-order valence-corrected chi connectivity index (χ4v) is 2.75. The summed E-state index contributed by atoms with van der Waals surface area (Å²) in [6.45, 7) is 12.3. The highest BCUT2D eigenvalue weighted by molar-refractivity contribution is 6.56. The number of hydrogen-bond donors (Lipinski definition) is 2. The van der Waals surface area contributed by atoms with E-state index in [1.807, 2.05) is 27.7 Å². The average Bonchev–Trinajstić information content (AvgIpc) is 2.80. The SMILES string of the molecule is CC(C)(C)OC(=O)NCC(=Cc1cc(F)c(F)cc1C(=O)O)B1OC(C)(C)C(C)(C)O1. The fraction of sp³-hybridized carbons (Fsp3) is 0.524. The summed E-state index contributed by atoms with van der Waals surface area (Å²) in [6, 6.07) is 1.38. The van der Waals surface area contributed by atoms with E-state index in [-0.39, 0.29) is 12.1 Å². The zero-order valence-corrected chi connectivity index (χ0v) is 18.8. The summed E-state index contributed by atoms with van der Waals surface area (Å²) in [6.07, 6.45) is 0.601. The predicted molar refractivity (Wildman–Crippen MR) is 112 cm³/mol. The molecule has 0 spiro atoms. The van der Waals surface area contributed by atoms with Gasteiger partial charge in [-0.15, -0.1) is 0 Å². The number of nitrogens with one attached hydrogen (secondary N) is 1. The number of hydrogen-bond acceptors (Lipinski definition) is 5. The van der Waals surface area contributed by atoms with Crippen LogP contribution in [-0.4, -0.2) is 47.6 Å². The summed E-state index contributed by atoms with van der Waals surface area (Å²) in [5, 5.41) is 12.0. The highest BCUT2D eigenvalue weighted by Gasteiger charge is 2.52. The molecule has 1 fully saturated rings. The Morgan fingerprint density at radius 2 is 1.65 bits per heavy atom. The summed E-state index contributed by atoms with van der Waals surface area (Å²) >= 11 is 0. The van der Waals surface area contributed by atoms with Gasteiger partial charge in [0.2, 0.25) is 0 Å². The number of ether oxygens (including phenoxy) is 1. The Bertz CT molecular complexity index is 892. The molecule has 1 aromatic carbocycles. The summed E-state index contributed by atoms with van der Waals surface area (Å²) in [4.78, 5) is 23.7. The van der Waals surface area contributed by atoms with Crippen molar-refractivity contribution in [3.8, 4) is 0 Å². The van der Waals surface area contributed by atoms with E-state index in [1.54, 1.807) is 20.8 Å². The van der Waals surface area contributed by atoms with Crippen LogP contribution < -0.4 is 5.32 Å². The lowest BCUT2D eigenvalue weighted by Gasteiger charge is -2.32. The molecule has 31 heavy (non-hydrogen) atoms. The minimum Gasteiger partial charge on any atom is -0.478 e. The molecule has 10 heteroatoms. The highest BCUT2D eigenvalue weighted by Crippen LogP contribution is 2.39. The first-order chi connectivity index (χ1) is 14.0. The number of amides is 1. The summed E-state index contributed by atoms with van der Waals surface area (Å²) < 4.78 is 44.6. The second kappa shape index (κ2) is 8.59. The lowest BCUT2D eigenvalue weighted by Crippen LogP contribution is -2.41. The lowest BCUT2D eigenvalue weighted by molar-refractivity contribution is 0.00578. The van der Waals surface area contributed by atoms with Gasteiger partial charge in [-0.05, 0) is 71.6 Å². The fourth-order valence-electron chi connectivity index (χ4n) is 2.75. The van der Waals surface area contributed by atoms with E-state index >= 15 is 0 Å². The van der Waals surface area contributed by atoms with Gasteiger partial charge in [0, 0.05) is 6.54 Å². The van der Waals surface area contributed by atoms with E-state index in [4.69, 9.17) is 14.0 Å². The van der Waals surface area contributed by atoms with E-state index < -0.39 is 53.2 Å². The molecule has 0 aromatic heterocycles. The van der Waals surface area contributed by atoms with Crippen molar-refractivity contribution in [1.29, 1.82) is 0 Å². The Hall–Kier alpha value is -2.46. The molecule has 1 aliphatic rings. The van der Waals surface area contributed by atoms with Crippen LogP contribution in [0.5, 0.6) is 0 Å². The van der Waals surface area contributed by atoms with Crippen molar-refractivity contribution < 1.29 is 37.5 Å². The van der Waals surface area contributed by atoms with Crippen molar-refractivity contribution in [1.82, 2.24) is 5.32 Å². The van der Waals surface area contributed by atoms with Crippen LogP contribution in [0.2, 0.25) is 0 Å². The first-order valence-corrected chi connectivity index (χ1v) is 9.78. The van der Waals surface area contributed by atoms with Gasteiger partial charge in [0.05, 0.1) is 16.8 Å². The minimum atomic E-state index is -1.43. The van der Waals surface area contributed by atoms with Crippen LogP contribution in [0.1, 0.15) is 64.4 Å². The van der Waals surface area contributed by atoms with Gasteiger partial charge in [0.1, 0.15) is 5.60 Å². The van der Waals surface area contributed by atoms with Gasteiger partial charge in [0.15, 0.2) is 11.6 Å². The van der Waals surface area contributed by atoms with Crippen molar-refractivity contribution >= 4 is 25.3 Å². The maximum absolute atomic E-state index is 13.8. The van der Waals surface area contributed by atoms with E-state index in [2.05, 4.69) is 5.32 Å². The number of carboxylic acids is 1. The molecule has 0 saturated carbocycles. The zero-order chi connectivity index (χ0) is 23.8. The third-order valence-electron chi connectivity index (χ3n) is 5.06. The maximum atomic E-state index is 13.8. The Kier molecular flexibility index (Phi) is 6.87. The number of carboxylic acid groups (broad SMARTS) is 1. The van der Waals surface area contributed by atoms with Crippen LogP contribution in [-0.2, 0) is 14.0 Å². The van der Waals surface area contributed by atoms with Gasteiger partial charge in [-0.2, -0.15) is 0 Å². The Morgan fingerprint density at radius 3 is 2.13 bits per heavy atom. The summed E-state index contributed by atoms with van der Waals surface area (Å²) in [5.41, 5.74) is -2.39. The maximum Gasteiger partial charge on any atom is 0.492 e. The van der Waals surface area contributed by atoms with Crippen molar-refractivity contribution in [2.45, 2.75) is 65.3 Å². The van der Waals surface area contributed by atoms with Crippen LogP contribution in [0, 0.1) is 11.6 Å². The van der Waals surface area contributed by atoms with Crippen LogP contribution in [0.4, 0.5) is 13.6 Å². The predicted octanol–water partition coefficient (Wildman–Crippen LogP) is 4.20. The first kappa shape index (κ1) is 24.8. The van der Waals surface area contributed by atoms with Crippen LogP contribution in [0.3, 0.4) is 0 Å². The molecule has 0 unspecified atom stereocenters. The van der Waals surface area contributed by atoms with Gasteiger partial charge in [-0.3, -0.25) is 0 Å². The number of carbonyl (C=O) groups excluding carboxylic acids is 1. The van der Waals surface area contributed by atoms with Crippen LogP contribution in [0.15, 0.2) is 17.6 Å². The monoisotopic (exact) mass is 439 g/mol. The topological polar surface area (TPSA) is 94.1 Å². The molecule has 1 saturated heterocycles. The third-order valence-corrected chi connectivity index (χ3v) is 5.06. The molecule has 1 heterocycles. The molecule has 0 aliphatic carbocycles. The lowest BCUT2D eigenvalue weighted by atomic mass is 9.76. The Labute approximate surface area is 180 Å². The molecule has 0 atom stereocenters. The number of benzene rings is 1. The minimum absolute atomic E-state index is 0.0953. The quantitative estimate of drug-likeness (QED) is 0.668. The molecule has 2 N–H and O–H groups in total. The van der Waals surface area contributed by atoms with E-state index in [1.165, 1.54) is 6.08 Å². The standard InChI is InChI=1S/C21H28BF2NO6/c1-19(2,3)29-18(28)25-11-13(22-30-20(4,5)21(6,7)31-22)8-12-9-15(23)16(24)10-14(12)17(26)27/h8-10H,11H2,1-7H3,(H,25,28)(H,26,27). The van der Waals surface area contributed by atoms with Crippen LogP contribution >= 0.6 is 0 Å². The average molecular weight is 439 g/mol.